The van der Waals surface area contributed by atoms with Crippen molar-refractivity contribution in [1.82, 2.24) is 9.57 Å². The number of benzene rings is 1. The number of aliphatic hydroxyl groups excluding tert-OH is 1. The van der Waals surface area contributed by atoms with Crippen molar-refractivity contribution in [1.29, 1.82) is 0 Å². The lowest BCUT2D eigenvalue weighted by molar-refractivity contribution is -0.162. The summed E-state index contributed by atoms with van der Waals surface area (Å²) < 4.78 is 12.1. The lowest BCUT2D eigenvalue weighted by atomic mass is 9.79. The molecule has 3 aliphatic rings. The SMILES string of the molecule is C[C@@H](O)[C@H]1C(=O)N2C(C(=O)OP)=C(S[C@H]3C[C@@H](C(=O)Cc4cccc(C(=O)OP(P)P)c4)N(P)C3)[C@H](C)[C@H]12. The molecule has 38 heavy (non-hydrogen) atoms. The van der Waals surface area contributed by atoms with E-state index >= 15 is 0 Å². The first-order valence-electron chi connectivity index (χ1n) is 11.9. The molecule has 15 heteroatoms. The Morgan fingerprint density at radius 2 is 1.97 bits per heavy atom. The fourth-order valence-electron chi connectivity index (χ4n) is 5.40. The Labute approximate surface area is 236 Å². The van der Waals surface area contributed by atoms with Crippen LogP contribution in [0.25, 0.3) is 0 Å². The topological polar surface area (TPSA) is 113 Å². The molecule has 4 unspecified atom stereocenters. The van der Waals surface area contributed by atoms with Crippen LogP contribution in [-0.2, 0) is 29.9 Å². The quantitative estimate of drug-likeness (QED) is 0.323. The van der Waals surface area contributed by atoms with Gasteiger partial charge in [0.2, 0.25) is 5.91 Å². The predicted octanol–water partition coefficient (Wildman–Crippen LogP) is 3.30. The maximum absolute atomic E-state index is 13.3. The van der Waals surface area contributed by atoms with E-state index in [-0.39, 0.29) is 47.1 Å². The monoisotopic (exact) mass is 634 g/mol. The van der Waals surface area contributed by atoms with Crippen LogP contribution in [0.3, 0.4) is 0 Å². The molecule has 1 aromatic rings. The standard InChI is InChI=1S/C23H31N2O7P5S/c1-10-18-17(11(2)26)21(28)25(18)19(23(30)31-34)20(10)38-14-8-15(24(33)9-14)16(27)7-12-4-3-5-13(6-12)22(29)32-37(35)36/h3-6,10-11,14-15,17-18,26H,7-9,33-36H2,1-2H3/t10-,11-,14+,15+,17-,18-/m1/s1. The van der Waals surface area contributed by atoms with E-state index in [1.54, 1.807) is 25.1 Å². The third-order valence-corrected chi connectivity index (χ3v) is 10.4. The van der Waals surface area contributed by atoms with Gasteiger partial charge < -0.3 is 19.1 Å². The minimum Gasteiger partial charge on any atom is -0.447 e. The van der Waals surface area contributed by atoms with Gasteiger partial charge in [0.1, 0.15) is 13.2 Å². The van der Waals surface area contributed by atoms with Gasteiger partial charge in [0, 0.05) is 29.0 Å². The normalized spacial score (nSPS) is 27.8. The van der Waals surface area contributed by atoms with Gasteiger partial charge in [0.25, 0.3) is 0 Å². The summed E-state index contributed by atoms with van der Waals surface area (Å²) in [5.41, 5.74) is 1.37. The number of fused-ring (bicyclic) bond motifs is 1. The van der Waals surface area contributed by atoms with Gasteiger partial charge >= 0.3 is 11.9 Å². The summed E-state index contributed by atoms with van der Waals surface area (Å²) in [4.78, 5) is 53.1. The maximum atomic E-state index is 13.3. The molecule has 0 aromatic heterocycles. The second-order valence-electron chi connectivity index (χ2n) is 9.64. The number of rotatable bonds is 9. The van der Waals surface area contributed by atoms with E-state index in [0.29, 0.717) is 18.5 Å². The average Bonchev–Trinajstić information content (AvgIpc) is 3.33. The summed E-state index contributed by atoms with van der Waals surface area (Å²) >= 11 is 1.50. The fraction of sp³-hybridized carbons (Fsp3) is 0.478. The highest BCUT2D eigenvalue weighted by Gasteiger charge is 2.60. The van der Waals surface area contributed by atoms with Gasteiger partial charge in [0.15, 0.2) is 5.78 Å². The third kappa shape index (κ3) is 6.05. The van der Waals surface area contributed by atoms with Crippen molar-refractivity contribution in [3.8, 4) is 0 Å². The third-order valence-electron chi connectivity index (χ3n) is 7.10. The molecule has 3 heterocycles. The van der Waals surface area contributed by atoms with E-state index in [2.05, 4.69) is 27.2 Å². The van der Waals surface area contributed by atoms with Gasteiger partial charge in [-0.1, -0.05) is 46.3 Å². The summed E-state index contributed by atoms with van der Waals surface area (Å²) in [5.74, 6) is -1.98. The molecule has 1 N–H and O–H groups in total. The number of nitrogens with zero attached hydrogens (tertiary/aromatic N) is 2. The Morgan fingerprint density at radius 3 is 2.61 bits per heavy atom. The van der Waals surface area contributed by atoms with E-state index in [4.69, 9.17) is 9.05 Å². The lowest BCUT2D eigenvalue weighted by Gasteiger charge is -2.46. The van der Waals surface area contributed by atoms with Crippen molar-refractivity contribution >= 4 is 79.6 Å². The Bertz CT molecular complexity index is 1180. The molecule has 0 saturated carbocycles. The number of carbonyl (C=O) groups is 4. The van der Waals surface area contributed by atoms with Gasteiger partial charge in [-0.2, -0.15) is 0 Å². The second kappa shape index (κ2) is 12.5. The lowest BCUT2D eigenvalue weighted by Crippen LogP contribution is -2.63. The van der Waals surface area contributed by atoms with Crippen molar-refractivity contribution in [3.63, 3.8) is 0 Å². The average molecular weight is 634 g/mol. The summed E-state index contributed by atoms with van der Waals surface area (Å²) in [6, 6.07) is 6.28. The molecule has 0 aliphatic carbocycles. The van der Waals surface area contributed by atoms with Crippen LogP contribution in [0.2, 0.25) is 0 Å². The first-order valence-corrected chi connectivity index (χ1v) is 18.3. The first-order chi connectivity index (χ1) is 17.9. The molecular formula is C23H31N2O7P5S. The molecule has 0 spiro atoms. The van der Waals surface area contributed by atoms with Gasteiger partial charge in [-0.15, -0.1) is 11.8 Å². The zero-order chi connectivity index (χ0) is 27.9. The van der Waals surface area contributed by atoms with Crippen LogP contribution in [0.4, 0.5) is 0 Å². The van der Waals surface area contributed by atoms with Crippen LogP contribution in [0, 0.1) is 11.8 Å². The Morgan fingerprint density at radius 1 is 1.26 bits per heavy atom. The number of hydrogen-bond acceptors (Lipinski definition) is 9. The van der Waals surface area contributed by atoms with Gasteiger partial charge in [-0.25, -0.2) is 9.59 Å². The molecular weight excluding hydrogens is 603 g/mol. The molecule has 206 valence electrons. The molecule has 1 aromatic carbocycles. The van der Waals surface area contributed by atoms with Crippen LogP contribution in [-0.4, -0.2) is 68.3 Å². The number of aliphatic hydroxyl groups is 1. The highest BCUT2D eigenvalue weighted by atomic mass is 32.4. The smallest absolute Gasteiger partial charge is 0.358 e. The number of amides is 1. The van der Waals surface area contributed by atoms with Crippen molar-refractivity contribution in [2.75, 3.05) is 6.54 Å². The molecule has 0 bridgehead atoms. The fourth-order valence-corrected chi connectivity index (χ4v) is 8.61. The molecule has 2 fully saturated rings. The van der Waals surface area contributed by atoms with Crippen LogP contribution in [0.1, 0.15) is 36.2 Å². The number of thioether (sulfide) groups is 1. The number of carbonyl (C=O) groups excluding carboxylic acids is 4. The van der Waals surface area contributed by atoms with E-state index in [9.17, 15) is 24.3 Å². The summed E-state index contributed by atoms with van der Waals surface area (Å²) in [5, 5.41) is 10.1. The highest BCUT2D eigenvalue weighted by molar-refractivity contribution is 8.41. The van der Waals surface area contributed by atoms with Crippen LogP contribution >= 0.6 is 56.0 Å². The van der Waals surface area contributed by atoms with E-state index in [1.165, 1.54) is 16.7 Å². The largest absolute Gasteiger partial charge is 0.447 e. The number of hydrogen-bond donors (Lipinski definition) is 1. The van der Waals surface area contributed by atoms with Crippen molar-refractivity contribution in [2.45, 2.75) is 50.1 Å². The minimum atomic E-state index is -0.999. The summed E-state index contributed by atoms with van der Waals surface area (Å²) in [6.07, 6.45) is -0.0736. The highest BCUT2D eigenvalue weighted by Crippen LogP contribution is 2.54. The first kappa shape index (κ1) is 30.4. The number of Topliss-reactive ketones (excluding diaryl/α,β-unsaturated/α-hetero) is 1. The Balaban J connectivity index is 1.46. The van der Waals surface area contributed by atoms with E-state index in [1.807, 2.05) is 27.1 Å². The van der Waals surface area contributed by atoms with Crippen LogP contribution < -0.4 is 0 Å². The molecule has 3 aliphatic heterocycles. The van der Waals surface area contributed by atoms with Crippen molar-refractivity contribution in [2.24, 2.45) is 11.8 Å². The van der Waals surface area contributed by atoms with Gasteiger partial charge in [0.05, 0.1) is 39.1 Å². The Kier molecular flexibility index (Phi) is 10.0. The van der Waals surface area contributed by atoms with E-state index < -0.39 is 31.5 Å². The summed E-state index contributed by atoms with van der Waals surface area (Å²) in [7, 11) is 8.45. The number of β-lactam (4-membered cyclic amide) rings is 1. The molecule has 1 amide bonds. The second-order valence-corrected chi connectivity index (χ2v) is 17.6. The maximum Gasteiger partial charge on any atom is 0.358 e. The number of ketones is 1. The van der Waals surface area contributed by atoms with Crippen molar-refractivity contribution < 1.29 is 33.3 Å². The van der Waals surface area contributed by atoms with Gasteiger partial charge in [-0.3, -0.25) is 14.3 Å². The predicted molar refractivity (Wildman–Crippen MR) is 161 cm³/mol. The van der Waals surface area contributed by atoms with Gasteiger partial charge in [-0.05, 0) is 31.0 Å². The van der Waals surface area contributed by atoms with Crippen LogP contribution in [0.15, 0.2) is 34.9 Å². The molecule has 10 atom stereocenters. The molecule has 2 saturated heterocycles. The molecule has 9 nitrogen and oxygen atoms in total. The zero-order valence-electron chi connectivity index (χ0n) is 20.9. The minimum absolute atomic E-state index is 0.00896. The van der Waals surface area contributed by atoms with Crippen molar-refractivity contribution in [3.05, 3.63) is 46.0 Å². The Hall–Kier alpha value is -0.540. The summed E-state index contributed by atoms with van der Waals surface area (Å²) in [6.45, 7) is 4.14. The molecule has 4 rings (SSSR count). The van der Waals surface area contributed by atoms with Crippen LogP contribution in [0.5, 0.6) is 0 Å². The van der Waals surface area contributed by atoms with E-state index in [0.717, 1.165) is 10.5 Å². The molecule has 0 radical (unpaired) electrons. The zero-order valence-corrected chi connectivity index (χ0v) is 27.2.